The molecule has 2 rings (SSSR count). The first kappa shape index (κ1) is 12.0. The van der Waals surface area contributed by atoms with Gasteiger partial charge in [-0.05, 0) is 12.5 Å². The predicted octanol–water partition coefficient (Wildman–Crippen LogP) is 2.14. The molecule has 0 fully saturated rings. The van der Waals surface area contributed by atoms with Crippen LogP contribution in [0.2, 0.25) is 0 Å². The molecule has 1 N–H and O–H groups in total. The van der Waals surface area contributed by atoms with E-state index in [0.717, 1.165) is 11.1 Å². The van der Waals surface area contributed by atoms with Gasteiger partial charge >= 0.3 is 5.97 Å². The lowest BCUT2D eigenvalue weighted by Gasteiger charge is -2.07. The Morgan fingerprint density at radius 2 is 2.22 bits per heavy atom. The lowest BCUT2D eigenvalue weighted by molar-refractivity contribution is 0.0691. The van der Waals surface area contributed by atoms with Crippen LogP contribution >= 0.6 is 0 Å². The Balaban J connectivity index is 2.67. The number of carboxylic acid groups (broad SMARTS) is 1. The van der Waals surface area contributed by atoms with Crippen LogP contribution in [0.25, 0.3) is 11.3 Å². The zero-order valence-electron chi connectivity index (χ0n) is 10.00. The number of aromatic nitrogens is 3. The lowest BCUT2D eigenvalue weighted by Crippen LogP contribution is -2.04. The number of carbonyl (C=O) groups is 1. The first-order valence-electron chi connectivity index (χ1n) is 5.49. The summed E-state index contributed by atoms with van der Waals surface area (Å²) in [6.07, 6.45) is 1.65. The molecule has 18 heavy (non-hydrogen) atoms. The van der Waals surface area contributed by atoms with E-state index in [-0.39, 0.29) is 5.69 Å². The monoisotopic (exact) mass is 243 g/mol. The zero-order valence-corrected chi connectivity index (χ0v) is 10.00. The summed E-state index contributed by atoms with van der Waals surface area (Å²) in [6.45, 7) is 5.97. The third-order valence-electron chi connectivity index (χ3n) is 2.64. The maximum atomic E-state index is 11.2. The number of rotatable bonds is 4. The van der Waals surface area contributed by atoms with Crippen LogP contribution in [0, 0.1) is 6.92 Å². The highest BCUT2D eigenvalue weighted by Gasteiger charge is 2.20. The molecule has 0 spiro atoms. The topological polar surface area (TPSA) is 68.0 Å². The van der Waals surface area contributed by atoms with Gasteiger partial charge in [0.15, 0.2) is 5.69 Å². The Morgan fingerprint density at radius 3 is 2.83 bits per heavy atom. The molecule has 0 unspecified atom stereocenters. The molecule has 2 aromatic rings. The minimum absolute atomic E-state index is 0.0360. The summed E-state index contributed by atoms with van der Waals surface area (Å²) in [5, 5.41) is 16.7. The van der Waals surface area contributed by atoms with Crippen molar-refractivity contribution in [1.82, 2.24) is 15.0 Å². The average molecular weight is 243 g/mol. The van der Waals surface area contributed by atoms with E-state index in [1.807, 2.05) is 31.2 Å². The number of benzene rings is 1. The SMILES string of the molecule is C=CCn1nnc(C(=O)O)c1-c1ccccc1C. The average Bonchev–Trinajstić information content (AvgIpc) is 2.74. The molecule has 0 bridgehead atoms. The fraction of sp³-hybridized carbons (Fsp3) is 0.154. The van der Waals surface area contributed by atoms with E-state index in [1.54, 1.807) is 10.8 Å². The van der Waals surface area contributed by atoms with Crippen molar-refractivity contribution < 1.29 is 9.90 Å². The van der Waals surface area contributed by atoms with Crippen molar-refractivity contribution in [3.05, 3.63) is 48.2 Å². The molecule has 5 heteroatoms. The summed E-state index contributed by atoms with van der Waals surface area (Å²) in [5.41, 5.74) is 2.28. The van der Waals surface area contributed by atoms with Gasteiger partial charge < -0.3 is 5.11 Å². The Hall–Kier alpha value is -2.43. The third-order valence-corrected chi connectivity index (χ3v) is 2.64. The van der Waals surface area contributed by atoms with Crippen molar-refractivity contribution in [2.75, 3.05) is 0 Å². The van der Waals surface area contributed by atoms with Gasteiger partial charge in [-0.2, -0.15) is 0 Å². The minimum atomic E-state index is -1.08. The van der Waals surface area contributed by atoms with Crippen molar-refractivity contribution in [2.45, 2.75) is 13.5 Å². The maximum Gasteiger partial charge on any atom is 0.358 e. The summed E-state index contributed by atoms with van der Waals surface area (Å²) in [4.78, 5) is 11.2. The molecule has 0 radical (unpaired) electrons. The van der Waals surface area contributed by atoms with Crippen LogP contribution in [0.3, 0.4) is 0 Å². The molecular formula is C13H13N3O2. The molecule has 0 saturated heterocycles. The van der Waals surface area contributed by atoms with Crippen molar-refractivity contribution in [1.29, 1.82) is 0 Å². The van der Waals surface area contributed by atoms with Gasteiger partial charge in [0, 0.05) is 5.56 Å². The van der Waals surface area contributed by atoms with Crippen molar-refractivity contribution in [2.24, 2.45) is 0 Å². The van der Waals surface area contributed by atoms with Crippen molar-refractivity contribution >= 4 is 5.97 Å². The number of nitrogens with zero attached hydrogens (tertiary/aromatic N) is 3. The second-order valence-electron chi connectivity index (χ2n) is 3.88. The van der Waals surface area contributed by atoms with E-state index in [9.17, 15) is 4.79 Å². The highest BCUT2D eigenvalue weighted by molar-refractivity contribution is 5.93. The van der Waals surface area contributed by atoms with E-state index >= 15 is 0 Å². The minimum Gasteiger partial charge on any atom is -0.476 e. The fourth-order valence-corrected chi connectivity index (χ4v) is 1.81. The molecule has 0 saturated carbocycles. The standard InChI is InChI=1S/C13H13N3O2/c1-3-8-16-12(11(13(17)18)14-15-16)10-7-5-4-6-9(10)2/h3-7H,1,8H2,2H3,(H,17,18). The molecule has 0 aliphatic carbocycles. The molecule has 0 aliphatic heterocycles. The molecule has 0 atom stereocenters. The van der Waals surface area contributed by atoms with Crippen LogP contribution in [0.5, 0.6) is 0 Å². The van der Waals surface area contributed by atoms with E-state index in [2.05, 4.69) is 16.9 Å². The van der Waals surface area contributed by atoms with Crippen molar-refractivity contribution in [3.63, 3.8) is 0 Å². The molecule has 92 valence electrons. The predicted molar refractivity (Wildman–Crippen MR) is 67.4 cm³/mol. The first-order valence-corrected chi connectivity index (χ1v) is 5.49. The van der Waals surface area contributed by atoms with Gasteiger partial charge in [-0.15, -0.1) is 11.7 Å². The van der Waals surface area contributed by atoms with E-state index in [4.69, 9.17) is 5.11 Å². The van der Waals surface area contributed by atoms with Gasteiger partial charge in [0.05, 0.1) is 6.54 Å². The van der Waals surface area contributed by atoms with Gasteiger partial charge in [-0.3, -0.25) is 0 Å². The van der Waals surface area contributed by atoms with Gasteiger partial charge in [-0.25, -0.2) is 9.48 Å². The van der Waals surface area contributed by atoms with Gasteiger partial charge in [-0.1, -0.05) is 35.6 Å². The molecule has 5 nitrogen and oxygen atoms in total. The number of aromatic carboxylic acids is 1. The summed E-state index contributed by atoms with van der Waals surface area (Å²) in [7, 11) is 0. The molecule has 1 aromatic heterocycles. The molecule has 0 amide bonds. The lowest BCUT2D eigenvalue weighted by atomic mass is 10.0. The van der Waals surface area contributed by atoms with Crippen LogP contribution in [-0.2, 0) is 6.54 Å². The second-order valence-corrected chi connectivity index (χ2v) is 3.88. The van der Waals surface area contributed by atoms with Crippen LogP contribution in [0.1, 0.15) is 16.1 Å². The number of aryl methyl sites for hydroxylation is 1. The number of carboxylic acids is 1. The second kappa shape index (κ2) is 4.83. The molecule has 0 aliphatic rings. The van der Waals surface area contributed by atoms with Gasteiger partial charge in [0.25, 0.3) is 0 Å². The number of hydrogen-bond donors (Lipinski definition) is 1. The Labute approximate surface area is 104 Å². The fourth-order valence-electron chi connectivity index (χ4n) is 1.81. The Morgan fingerprint density at radius 1 is 1.50 bits per heavy atom. The van der Waals surface area contributed by atoms with Crippen LogP contribution in [-0.4, -0.2) is 26.1 Å². The number of allylic oxidation sites excluding steroid dienone is 1. The van der Waals surface area contributed by atoms with E-state index in [0.29, 0.717) is 12.2 Å². The summed E-state index contributed by atoms with van der Waals surface area (Å²) < 4.78 is 1.54. The molecular weight excluding hydrogens is 230 g/mol. The van der Waals surface area contributed by atoms with E-state index in [1.165, 1.54) is 0 Å². The van der Waals surface area contributed by atoms with E-state index < -0.39 is 5.97 Å². The van der Waals surface area contributed by atoms with Gasteiger partial charge in [0.1, 0.15) is 5.69 Å². The van der Waals surface area contributed by atoms with Crippen LogP contribution in [0.15, 0.2) is 36.9 Å². The van der Waals surface area contributed by atoms with Crippen LogP contribution < -0.4 is 0 Å². The summed E-state index contributed by atoms with van der Waals surface area (Å²) >= 11 is 0. The quantitative estimate of drug-likeness (QED) is 0.835. The van der Waals surface area contributed by atoms with Gasteiger partial charge in [0.2, 0.25) is 0 Å². The Bertz CT molecular complexity index is 602. The number of hydrogen-bond acceptors (Lipinski definition) is 3. The highest BCUT2D eigenvalue weighted by atomic mass is 16.4. The zero-order chi connectivity index (χ0) is 13.1. The maximum absolute atomic E-state index is 11.2. The van der Waals surface area contributed by atoms with Crippen molar-refractivity contribution in [3.8, 4) is 11.3 Å². The van der Waals surface area contributed by atoms with Crippen LogP contribution in [0.4, 0.5) is 0 Å². The Kier molecular flexibility index (Phi) is 3.23. The third kappa shape index (κ3) is 2.02. The molecule has 1 heterocycles. The smallest absolute Gasteiger partial charge is 0.358 e. The summed E-state index contributed by atoms with van der Waals surface area (Å²) in [6, 6.07) is 7.55. The highest BCUT2D eigenvalue weighted by Crippen LogP contribution is 2.25. The first-order chi connectivity index (χ1) is 8.65. The summed E-state index contributed by atoms with van der Waals surface area (Å²) in [5.74, 6) is -1.08. The molecule has 1 aromatic carbocycles. The largest absolute Gasteiger partial charge is 0.476 e. The normalized spacial score (nSPS) is 10.3.